The van der Waals surface area contributed by atoms with Crippen LogP contribution < -0.4 is 5.73 Å². The number of nitrogens with zero attached hydrogens (tertiary/aromatic N) is 1. The molecule has 0 aliphatic rings. The maximum atomic E-state index is 11.2. The van der Waals surface area contributed by atoms with Crippen LogP contribution in [0.3, 0.4) is 0 Å². The highest BCUT2D eigenvalue weighted by Crippen LogP contribution is 2.30. The summed E-state index contributed by atoms with van der Waals surface area (Å²) in [7, 11) is 0. The number of carbonyl (C=O) groups is 1. The van der Waals surface area contributed by atoms with Gasteiger partial charge in [-0.25, -0.2) is 0 Å². The third kappa shape index (κ3) is 2.51. The third-order valence-electron chi connectivity index (χ3n) is 3.73. The van der Waals surface area contributed by atoms with Crippen molar-refractivity contribution in [2.75, 3.05) is 0 Å². The number of aromatic nitrogens is 2. The molecule has 0 fully saturated rings. The zero-order chi connectivity index (χ0) is 15.5. The van der Waals surface area contributed by atoms with E-state index in [4.69, 9.17) is 5.73 Å². The van der Waals surface area contributed by atoms with Gasteiger partial charge in [0.2, 0.25) is 5.91 Å². The molecule has 0 aliphatic heterocycles. The first-order valence-electron chi connectivity index (χ1n) is 7.23. The largest absolute Gasteiger partial charge is 0.366 e. The Balaban J connectivity index is 2.05. The van der Waals surface area contributed by atoms with Gasteiger partial charge in [-0.2, -0.15) is 5.10 Å². The van der Waals surface area contributed by atoms with E-state index in [2.05, 4.69) is 29.3 Å². The molecule has 4 heteroatoms. The Bertz CT molecular complexity index is 789. The zero-order valence-electron chi connectivity index (χ0n) is 12.3. The van der Waals surface area contributed by atoms with Crippen LogP contribution in [0.15, 0.2) is 54.6 Å². The molecule has 1 amide bonds. The molecule has 1 heterocycles. The minimum atomic E-state index is -0.420. The Morgan fingerprint density at radius 2 is 1.73 bits per heavy atom. The first kappa shape index (κ1) is 14.1. The Morgan fingerprint density at radius 3 is 2.32 bits per heavy atom. The minimum Gasteiger partial charge on any atom is -0.366 e. The molecule has 4 nitrogen and oxygen atoms in total. The highest BCUT2D eigenvalue weighted by atomic mass is 16.1. The molecule has 22 heavy (non-hydrogen) atoms. The van der Waals surface area contributed by atoms with Gasteiger partial charge in [-0.05, 0) is 24.1 Å². The van der Waals surface area contributed by atoms with Gasteiger partial charge in [-0.15, -0.1) is 0 Å². The van der Waals surface area contributed by atoms with Crippen LogP contribution in [0.4, 0.5) is 0 Å². The topological polar surface area (TPSA) is 71.8 Å². The molecule has 0 radical (unpaired) electrons. The van der Waals surface area contributed by atoms with Gasteiger partial charge in [0.25, 0.3) is 0 Å². The van der Waals surface area contributed by atoms with E-state index < -0.39 is 5.91 Å². The van der Waals surface area contributed by atoms with E-state index >= 15 is 0 Å². The Morgan fingerprint density at radius 1 is 1.05 bits per heavy atom. The fourth-order valence-corrected chi connectivity index (χ4v) is 2.58. The standard InChI is InChI=1S/C18H17N3O/c1-2-15-16(12-6-4-3-5-7-12)20-21-17(15)13-8-10-14(11-9-13)18(19)22/h3-11H,2H2,1H3,(H2,19,22)(H,20,21). The van der Waals surface area contributed by atoms with Crippen molar-refractivity contribution in [1.82, 2.24) is 10.2 Å². The van der Waals surface area contributed by atoms with Crippen molar-refractivity contribution in [2.24, 2.45) is 5.73 Å². The summed E-state index contributed by atoms with van der Waals surface area (Å²) in [4.78, 5) is 11.2. The van der Waals surface area contributed by atoms with E-state index in [1.165, 1.54) is 0 Å². The van der Waals surface area contributed by atoms with E-state index in [1.807, 2.05) is 30.3 Å². The molecule has 3 N–H and O–H groups in total. The molecular formula is C18H17N3O. The van der Waals surface area contributed by atoms with Gasteiger partial charge < -0.3 is 5.73 Å². The molecule has 3 aromatic rings. The summed E-state index contributed by atoms with van der Waals surface area (Å²) >= 11 is 0. The normalized spacial score (nSPS) is 10.6. The molecule has 3 rings (SSSR count). The van der Waals surface area contributed by atoms with Crippen molar-refractivity contribution < 1.29 is 4.79 Å². The summed E-state index contributed by atoms with van der Waals surface area (Å²) in [6, 6.07) is 17.4. The van der Waals surface area contributed by atoms with Crippen molar-refractivity contribution in [3.63, 3.8) is 0 Å². The molecular weight excluding hydrogens is 274 g/mol. The molecule has 110 valence electrons. The molecule has 0 atom stereocenters. The predicted octanol–water partition coefficient (Wildman–Crippen LogP) is 3.41. The Hall–Kier alpha value is -2.88. The van der Waals surface area contributed by atoms with Gasteiger partial charge in [-0.1, -0.05) is 49.4 Å². The van der Waals surface area contributed by atoms with E-state index in [9.17, 15) is 4.79 Å². The molecule has 0 unspecified atom stereocenters. The number of benzene rings is 2. The molecule has 2 aromatic carbocycles. The van der Waals surface area contributed by atoms with Gasteiger partial charge in [0, 0.05) is 16.7 Å². The molecule has 0 saturated heterocycles. The number of amides is 1. The first-order valence-corrected chi connectivity index (χ1v) is 7.23. The van der Waals surface area contributed by atoms with E-state index in [-0.39, 0.29) is 0 Å². The highest BCUT2D eigenvalue weighted by molar-refractivity contribution is 5.93. The number of rotatable bonds is 4. The van der Waals surface area contributed by atoms with Crippen molar-refractivity contribution in [3.05, 3.63) is 65.7 Å². The summed E-state index contributed by atoms with van der Waals surface area (Å²) in [5, 5.41) is 7.60. The van der Waals surface area contributed by atoms with Crippen LogP contribution >= 0.6 is 0 Å². The second-order valence-electron chi connectivity index (χ2n) is 5.09. The van der Waals surface area contributed by atoms with Crippen molar-refractivity contribution >= 4 is 5.91 Å². The molecule has 0 bridgehead atoms. The molecule has 0 spiro atoms. The van der Waals surface area contributed by atoms with Crippen LogP contribution in [0.1, 0.15) is 22.8 Å². The van der Waals surface area contributed by atoms with Gasteiger partial charge >= 0.3 is 0 Å². The number of hydrogen-bond donors (Lipinski definition) is 2. The van der Waals surface area contributed by atoms with Crippen molar-refractivity contribution in [1.29, 1.82) is 0 Å². The third-order valence-corrected chi connectivity index (χ3v) is 3.73. The number of H-pyrrole nitrogens is 1. The van der Waals surface area contributed by atoms with Crippen LogP contribution in [-0.2, 0) is 6.42 Å². The maximum Gasteiger partial charge on any atom is 0.248 e. The summed E-state index contributed by atoms with van der Waals surface area (Å²) in [6.07, 6.45) is 0.869. The molecule has 1 aromatic heterocycles. The average molecular weight is 291 g/mol. The Kier molecular flexibility index (Phi) is 3.74. The quantitative estimate of drug-likeness (QED) is 0.773. The van der Waals surface area contributed by atoms with Gasteiger partial charge in [0.1, 0.15) is 0 Å². The number of nitrogens with two attached hydrogens (primary N) is 1. The molecule has 0 aliphatic carbocycles. The maximum absolute atomic E-state index is 11.2. The SMILES string of the molecule is CCc1c(-c2ccccc2)n[nH]c1-c1ccc(C(N)=O)cc1. The van der Waals surface area contributed by atoms with E-state index in [1.54, 1.807) is 12.1 Å². The van der Waals surface area contributed by atoms with Gasteiger partial charge in [0.15, 0.2) is 0 Å². The Labute approximate surface area is 129 Å². The highest BCUT2D eigenvalue weighted by Gasteiger charge is 2.14. The second-order valence-corrected chi connectivity index (χ2v) is 5.09. The number of primary amides is 1. The average Bonchev–Trinajstić information content (AvgIpc) is 2.99. The lowest BCUT2D eigenvalue weighted by Gasteiger charge is -2.04. The number of hydrogen-bond acceptors (Lipinski definition) is 2. The van der Waals surface area contributed by atoms with Crippen LogP contribution in [-0.4, -0.2) is 16.1 Å². The lowest BCUT2D eigenvalue weighted by atomic mass is 9.99. The van der Waals surface area contributed by atoms with Crippen molar-refractivity contribution in [2.45, 2.75) is 13.3 Å². The lowest BCUT2D eigenvalue weighted by Crippen LogP contribution is -2.10. The fraction of sp³-hybridized carbons (Fsp3) is 0.111. The van der Waals surface area contributed by atoms with Crippen LogP contribution in [0, 0.1) is 0 Å². The minimum absolute atomic E-state index is 0.420. The van der Waals surface area contributed by atoms with E-state index in [0.717, 1.165) is 34.5 Å². The summed E-state index contributed by atoms with van der Waals surface area (Å²) in [5.41, 5.74) is 11.0. The first-order chi connectivity index (χ1) is 10.7. The summed E-state index contributed by atoms with van der Waals surface area (Å²) in [6.45, 7) is 2.11. The summed E-state index contributed by atoms with van der Waals surface area (Å²) in [5.74, 6) is -0.420. The smallest absolute Gasteiger partial charge is 0.248 e. The van der Waals surface area contributed by atoms with Gasteiger partial charge in [-0.3, -0.25) is 9.89 Å². The number of carbonyl (C=O) groups excluding carboxylic acids is 1. The second kappa shape index (κ2) is 5.85. The number of nitrogens with one attached hydrogen (secondary N) is 1. The molecule has 0 saturated carbocycles. The van der Waals surface area contributed by atoms with E-state index in [0.29, 0.717) is 5.56 Å². The van der Waals surface area contributed by atoms with Crippen molar-refractivity contribution in [3.8, 4) is 22.5 Å². The van der Waals surface area contributed by atoms with Gasteiger partial charge in [0.05, 0.1) is 11.4 Å². The fourth-order valence-electron chi connectivity index (χ4n) is 2.58. The lowest BCUT2D eigenvalue weighted by molar-refractivity contribution is 0.100. The van der Waals surface area contributed by atoms with Crippen LogP contribution in [0.2, 0.25) is 0 Å². The summed E-state index contributed by atoms with van der Waals surface area (Å²) < 4.78 is 0. The zero-order valence-corrected chi connectivity index (χ0v) is 12.3. The predicted molar refractivity (Wildman–Crippen MR) is 87.4 cm³/mol. The van der Waals surface area contributed by atoms with Crippen LogP contribution in [0.25, 0.3) is 22.5 Å². The monoisotopic (exact) mass is 291 g/mol. The number of aromatic amines is 1. The van der Waals surface area contributed by atoms with Crippen LogP contribution in [0.5, 0.6) is 0 Å².